The third kappa shape index (κ3) is 4.69. The summed E-state index contributed by atoms with van der Waals surface area (Å²) < 4.78 is 12.7. The van der Waals surface area contributed by atoms with Gasteiger partial charge in [0.15, 0.2) is 5.16 Å². The van der Waals surface area contributed by atoms with E-state index in [2.05, 4.69) is 32.5 Å². The molecule has 1 fully saturated rings. The summed E-state index contributed by atoms with van der Waals surface area (Å²) >= 11 is 1.36. The molecule has 0 aliphatic carbocycles. The van der Waals surface area contributed by atoms with Crippen molar-refractivity contribution >= 4 is 29.5 Å². The number of carbonyl (C=O) groups is 1. The van der Waals surface area contributed by atoms with Crippen LogP contribution >= 0.6 is 11.8 Å². The molecule has 1 saturated heterocycles. The van der Waals surface area contributed by atoms with Crippen molar-refractivity contribution in [2.24, 2.45) is 5.92 Å². The van der Waals surface area contributed by atoms with Crippen molar-refractivity contribution in [2.75, 3.05) is 23.3 Å². The van der Waals surface area contributed by atoms with Crippen LogP contribution in [0.1, 0.15) is 38.1 Å². The standard InChI is InChI=1S/C20H26N6O3S/c1-13-6-8-25(9-7-13)19-22-23-20(26(19)12-16-5-4-10-28-16)30-15(3)18(27)21-17-11-14(2)24-29-17/h4-5,10-11,13,15H,6-9,12H2,1-3H3,(H,21,27). The highest BCUT2D eigenvalue weighted by Crippen LogP contribution is 2.29. The minimum absolute atomic E-state index is 0.183. The second kappa shape index (κ2) is 8.95. The fourth-order valence-electron chi connectivity index (χ4n) is 3.36. The molecule has 1 amide bonds. The number of nitrogens with one attached hydrogen (secondary N) is 1. The lowest BCUT2D eigenvalue weighted by molar-refractivity contribution is -0.115. The van der Waals surface area contributed by atoms with Gasteiger partial charge in [0.05, 0.1) is 23.8 Å². The summed E-state index contributed by atoms with van der Waals surface area (Å²) in [6.07, 6.45) is 3.92. The van der Waals surface area contributed by atoms with Crippen molar-refractivity contribution in [3.63, 3.8) is 0 Å². The Bertz CT molecular complexity index is 975. The molecule has 0 bridgehead atoms. The average molecular weight is 431 g/mol. The number of aromatic nitrogens is 4. The second-order valence-electron chi connectivity index (χ2n) is 7.70. The normalized spacial score (nSPS) is 16.0. The van der Waals surface area contributed by atoms with Gasteiger partial charge in [0.2, 0.25) is 17.7 Å². The molecular formula is C20H26N6O3S. The molecule has 30 heavy (non-hydrogen) atoms. The van der Waals surface area contributed by atoms with Gasteiger partial charge in [-0.1, -0.05) is 23.8 Å². The Morgan fingerprint density at radius 1 is 1.37 bits per heavy atom. The van der Waals surface area contributed by atoms with Crippen molar-refractivity contribution in [1.29, 1.82) is 0 Å². The van der Waals surface area contributed by atoms with E-state index < -0.39 is 5.25 Å². The van der Waals surface area contributed by atoms with Crippen molar-refractivity contribution in [1.82, 2.24) is 19.9 Å². The van der Waals surface area contributed by atoms with Crippen LogP contribution in [0.15, 0.2) is 38.6 Å². The minimum atomic E-state index is -0.399. The van der Waals surface area contributed by atoms with Gasteiger partial charge in [-0.05, 0) is 44.7 Å². The van der Waals surface area contributed by atoms with Crippen LogP contribution in [0.25, 0.3) is 0 Å². The summed E-state index contributed by atoms with van der Waals surface area (Å²) in [7, 11) is 0. The largest absolute Gasteiger partial charge is 0.467 e. The molecule has 4 heterocycles. The molecule has 1 unspecified atom stereocenters. The van der Waals surface area contributed by atoms with E-state index in [-0.39, 0.29) is 5.91 Å². The fraction of sp³-hybridized carbons (Fsp3) is 0.500. The molecular weight excluding hydrogens is 404 g/mol. The van der Waals surface area contributed by atoms with E-state index in [1.807, 2.05) is 23.6 Å². The van der Waals surface area contributed by atoms with Gasteiger partial charge in [-0.15, -0.1) is 10.2 Å². The molecule has 3 aromatic rings. The van der Waals surface area contributed by atoms with Gasteiger partial charge >= 0.3 is 0 Å². The maximum Gasteiger partial charge on any atom is 0.240 e. The molecule has 0 radical (unpaired) electrons. The van der Waals surface area contributed by atoms with Gasteiger partial charge in [-0.2, -0.15) is 0 Å². The summed E-state index contributed by atoms with van der Waals surface area (Å²) in [5.74, 6) is 2.51. The van der Waals surface area contributed by atoms with Crippen molar-refractivity contribution in [2.45, 2.75) is 50.6 Å². The number of hydrogen-bond acceptors (Lipinski definition) is 8. The summed E-state index contributed by atoms with van der Waals surface area (Å²) in [6, 6.07) is 5.48. The number of thioether (sulfide) groups is 1. The lowest BCUT2D eigenvalue weighted by Gasteiger charge is -2.31. The SMILES string of the molecule is Cc1cc(NC(=O)C(C)Sc2nnc(N3CCC(C)CC3)n2Cc2ccco2)on1. The number of nitrogens with zero attached hydrogens (tertiary/aromatic N) is 5. The van der Waals surface area contributed by atoms with Crippen LogP contribution in [-0.2, 0) is 11.3 Å². The molecule has 0 spiro atoms. The number of amides is 1. The monoisotopic (exact) mass is 430 g/mol. The molecule has 1 aliphatic heterocycles. The van der Waals surface area contributed by atoms with E-state index in [9.17, 15) is 4.79 Å². The first-order valence-corrected chi connectivity index (χ1v) is 11.0. The lowest BCUT2D eigenvalue weighted by Crippen LogP contribution is -2.35. The number of anilines is 2. The number of piperidine rings is 1. The summed E-state index contributed by atoms with van der Waals surface area (Å²) in [5.41, 5.74) is 0.712. The topological polar surface area (TPSA) is 102 Å². The molecule has 4 rings (SSSR count). The molecule has 1 atom stereocenters. The lowest BCUT2D eigenvalue weighted by atomic mass is 10.00. The molecule has 1 aliphatic rings. The maximum absolute atomic E-state index is 12.6. The van der Waals surface area contributed by atoms with Crippen LogP contribution in [0.3, 0.4) is 0 Å². The number of carbonyl (C=O) groups excluding carboxylic acids is 1. The zero-order valence-electron chi connectivity index (χ0n) is 17.4. The predicted molar refractivity (Wildman–Crippen MR) is 114 cm³/mol. The van der Waals surface area contributed by atoms with Gasteiger partial charge < -0.3 is 13.8 Å². The van der Waals surface area contributed by atoms with E-state index in [0.717, 1.165) is 43.6 Å². The third-order valence-electron chi connectivity index (χ3n) is 5.18. The quantitative estimate of drug-likeness (QED) is 0.568. The van der Waals surface area contributed by atoms with E-state index in [1.54, 1.807) is 19.3 Å². The Balaban J connectivity index is 1.52. The van der Waals surface area contributed by atoms with Crippen LogP contribution in [0.4, 0.5) is 11.8 Å². The summed E-state index contributed by atoms with van der Waals surface area (Å²) in [6.45, 7) is 8.32. The first kappa shape index (κ1) is 20.5. The predicted octanol–water partition coefficient (Wildman–Crippen LogP) is 3.57. The first-order valence-electron chi connectivity index (χ1n) is 10.1. The highest BCUT2D eigenvalue weighted by atomic mass is 32.2. The van der Waals surface area contributed by atoms with Gasteiger partial charge in [-0.3, -0.25) is 14.7 Å². The Kier molecular flexibility index (Phi) is 6.12. The van der Waals surface area contributed by atoms with E-state index >= 15 is 0 Å². The number of aryl methyl sites for hydroxylation is 1. The van der Waals surface area contributed by atoms with Crippen molar-refractivity contribution in [3.05, 3.63) is 35.9 Å². The van der Waals surface area contributed by atoms with Crippen molar-refractivity contribution in [3.8, 4) is 0 Å². The highest BCUT2D eigenvalue weighted by Gasteiger charge is 2.26. The summed E-state index contributed by atoms with van der Waals surface area (Å²) in [5, 5.41) is 15.7. The second-order valence-corrected chi connectivity index (χ2v) is 9.01. The van der Waals surface area contributed by atoms with Gasteiger partial charge in [-0.25, -0.2) is 0 Å². The van der Waals surface area contributed by atoms with Gasteiger partial charge in [0.25, 0.3) is 0 Å². The average Bonchev–Trinajstić information content (AvgIpc) is 3.46. The van der Waals surface area contributed by atoms with E-state index in [4.69, 9.17) is 8.94 Å². The third-order valence-corrected chi connectivity index (χ3v) is 6.26. The maximum atomic E-state index is 12.6. The smallest absolute Gasteiger partial charge is 0.240 e. The van der Waals surface area contributed by atoms with Crippen LogP contribution in [0.5, 0.6) is 0 Å². The molecule has 0 saturated carbocycles. The Hall–Kier alpha value is -2.75. The Morgan fingerprint density at radius 3 is 2.83 bits per heavy atom. The van der Waals surface area contributed by atoms with Crippen LogP contribution < -0.4 is 10.2 Å². The molecule has 10 heteroatoms. The van der Waals surface area contributed by atoms with E-state index in [0.29, 0.717) is 23.3 Å². The van der Waals surface area contributed by atoms with Crippen molar-refractivity contribution < 1.29 is 13.7 Å². The Morgan fingerprint density at radius 2 is 2.17 bits per heavy atom. The number of furan rings is 1. The number of hydrogen-bond donors (Lipinski definition) is 1. The fourth-order valence-corrected chi connectivity index (χ4v) is 4.21. The van der Waals surface area contributed by atoms with E-state index in [1.165, 1.54) is 11.8 Å². The molecule has 0 aromatic carbocycles. The molecule has 160 valence electrons. The highest BCUT2D eigenvalue weighted by molar-refractivity contribution is 8.00. The Labute approximate surface area is 179 Å². The first-order chi connectivity index (χ1) is 14.5. The van der Waals surface area contributed by atoms with Crippen LogP contribution in [-0.4, -0.2) is 44.2 Å². The zero-order chi connectivity index (χ0) is 21.1. The van der Waals surface area contributed by atoms with Gasteiger partial charge in [0, 0.05) is 19.2 Å². The number of rotatable bonds is 7. The van der Waals surface area contributed by atoms with Gasteiger partial charge in [0.1, 0.15) is 5.76 Å². The molecule has 3 aromatic heterocycles. The van der Waals surface area contributed by atoms with Crippen LogP contribution in [0.2, 0.25) is 0 Å². The zero-order valence-corrected chi connectivity index (χ0v) is 18.2. The molecule has 9 nitrogen and oxygen atoms in total. The molecule has 1 N–H and O–H groups in total. The minimum Gasteiger partial charge on any atom is -0.467 e. The van der Waals surface area contributed by atoms with Crippen LogP contribution in [0, 0.1) is 12.8 Å². The summed E-state index contributed by atoms with van der Waals surface area (Å²) in [4.78, 5) is 14.9.